The van der Waals surface area contributed by atoms with E-state index in [1.54, 1.807) is 0 Å². The molecular formula is C32H38O15. The van der Waals surface area contributed by atoms with Gasteiger partial charge in [0.1, 0.15) is 64.6 Å². The van der Waals surface area contributed by atoms with Crippen molar-refractivity contribution in [1.82, 2.24) is 0 Å². The van der Waals surface area contributed by atoms with Crippen LogP contribution in [0.1, 0.15) is 78.8 Å². The van der Waals surface area contributed by atoms with Gasteiger partial charge in [-0.1, -0.05) is 0 Å². The standard InChI is InChI=1S/C32H38O15/c1-15-5-19-9-21(34)11-24(36)29(19)32(42)46-18(4)8-27(39)47-23(14-33)13-28(40)44-16(2)6-20-10-22(35)12-25(37)30(20)31(41)45-17(3)7-26(38)43-15/h9-12,15-18,23,33-37H,5-8,13-14H2,1-4H3/t15-,16+,17+,18+,23-/m1/s1. The van der Waals surface area contributed by atoms with Crippen LogP contribution >= 0.6 is 0 Å². The number of hydrogen-bond acceptors (Lipinski definition) is 15. The maximum atomic E-state index is 13.1. The highest BCUT2D eigenvalue weighted by Gasteiger charge is 2.28. The van der Waals surface area contributed by atoms with Gasteiger partial charge in [-0.15, -0.1) is 0 Å². The Hall–Kier alpha value is -5.05. The Bertz CT molecular complexity index is 1500. The van der Waals surface area contributed by atoms with Gasteiger partial charge >= 0.3 is 29.8 Å². The molecule has 15 nitrogen and oxygen atoms in total. The summed E-state index contributed by atoms with van der Waals surface area (Å²) in [5, 5.41) is 50.7. The number of esters is 5. The molecule has 0 radical (unpaired) electrons. The molecule has 0 bridgehead atoms. The predicted octanol–water partition coefficient (Wildman–Crippen LogP) is 2.34. The fourth-order valence-electron chi connectivity index (χ4n) is 4.98. The number of fused-ring (bicyclic) bond motifs is 2. The minimum atomic E-state index is -1.32. The second kappa shape index (κ2) is 16.0. The van der Waals surface area contributed by atoms with Gasteiger partial charge in [-0.3, -0.25) is 14.4 Å². The van der Waals surface area contributed by atoms with Crippen molar-refractivity contribution in [3.05, 3.63) is 46.5 Å². The molecule has 0 saturated heterocycles. The molecule has 5 N–H and O–H groups in total. The largest absolute Gasteiger partial charge is 0.508 e. The van der Waals surface area contributed by atoms with Gasteiger partial charge in [0.25, 0.3) is 0 Å². The fraction of sp³-hybridized carbons (Fsp3) is 0.469. The normalized spacial score (nSPS) is 24.3. The van der Waals surface area contributed by atoms with Crippen molar-refractivity contribution >= 4 is 29.8 Å². The van der Waals surface area contributed by atoms with E-state index in [-0.39, 0.29) is 40.8 Å². The summed E-state index contributed by atoms with van der Waals surface area (Å²) in [5.74, 6) is -6.75. The molecule has 2 aromatic carbocycles. The first-order valence-electron chi connectivity index (χ1n) is 14.8. The van der Waals surface area contributed by atoms with Crippen LogP contribution in [-0.2, 0) is 50.9 Å². The highest BCUT2D eigenvalue weighted by molar-refractivity contribution is 5.95. The van der Waals surface area contributed by atoms with Gasteiger partial charge in [0.2, 0.25) is 0 Å². The van der Waals surface area contributed by atoms with Gasteiger partial charge in [-0.2, -0.15) is 0 Å². The lowest BCUT2D eigenvalue weighted by Crippen LogP contribution is -2.30. The maximum absolute atomic E-state index is 13.1. The van der Waals surface area contributed by atoms with E-state index >= 15 is 0 Å². The van der Waals surface area contributed by atoms with Crippen LogP contribution in [0, 0.1) is 0 Å². The number of ether oxygens (including phenoxy) is 5. The summed E-state index contributed by atoms with van der Waals surface area (Å²) >= 11 is 0. The zero-order valence-electron chi connectivity index (χ0n) is 26.3. The number of phenolic OH excluding ortho intramolecular Hbond substituents is 4. The highest BCUT2D eigenvalue weighted by atomic mass is 16.6. The molecular weight excluding hydrogens is 624 g/mol. The number of aliphatic hydroxyl groups is 1. The molecule has 1 heterocycles. The van der Waals surface area contributed by atoms with Crippen molar-refractivity contribution in [1.29, 1.82) is 0 Å². The lowest BCUT2D eigenvalue weighted by molar-refractivity contribution is -0.160. The minimum absolute atomic E-state index is 0.0555. The van der Waals surface area contributed by atoms with Crippen molar-refractivity contribution in [3.63, 3.8) is 0 Å². The van der Waals surface area contributed by atoms with E-state index in [2.05, 4.69) is 0 Å². The Kier molecular flexibility index (Phi) is 12.4. The number of aromatic hydroxyl groups is 4. The average Bonchev–Trinajstić information content (AvgIpc) is 2.90. The molecule has 0 fully saturated rings. The summed E-state index contributed by atoms with van der Waals surface area (Å²) in [6.45, 7) is 4.98. The van der Waals surface area contributed by atoms with Crippen molar-refractivity contribution in [2.75, 3.05) is 6.61 Å². The molecule has 2 aromatic rings. The van der Waals surface area contributed by atoms with Gasteiger partial charge in [0, 0.05) is 25.0 Å². The van der Waals surface area contributed by atoms with Crippen LogP contribution in [0.2, 0.25) is 0 Å². The molecule has 0 amide bonds. The predicted molar refractivity (Wildman–Crippen MR) is 159 cm³/mol. The van der Waals surface area contributed by atoms with E-state index < -0.39 is 103 Å². The molecule has 5 atom stereocenters. The molecule has 1 aliphatic rings. The lowest BCUT2D eigenvalue weighted by Gasteiger charge is -2.21. The molecule has 256 valence electrons. The van der Waals surface area contributed by atoms with E-state index in [1.807, 2.05) is 0 Å². The summed E-state index contributed by atoms with van der Waals surface area (Å²) < 4.78 is 26.5. The van der Waals surface area contributed by atoms with Crippen molar-refractivity contribution < 1.29 is 73.2 Å². The molecule has 0 aromatic heterocycles. The number of rotatable bonds is 1. The third-order valence-corrected chi connectivity index (χ3v) is 6.88. The summed E-state index contributed by atoms with van der Waals surface area (Å²) in [6, 6.07) is 4.16. The minimum Gasteiger partial charge on any atom is -0.508 e. The summed E-state index contributed by atoms with van der Waals surface area (Å²) in [6.07, 6.45) is -7.13. The second-order valence-corrected chi connectivity index (χ2v) is 11.3. The van der Waals surface area contributed by atoms with Gasteiger partial charge in [-0.25, -0.2) is 9.59 Å². The van der Waals surface area contributed by atoms with E-state index in [0.29, 0.717) is 0 Å². The van der Waals surface area contributed by atoms with Gasteiger partial charge in [0.05, 0.1) is 25.9 Å². The highest BCUT2D eigenvalue weighted by Crippen LogP contribution is 2.31. The third-order valence-electron chi connectivity index (χ3n) is 6.88. The fourth-order valence-corrected chi connectivity index (χ4v) is 4.98. The number of phenols is 4. The topological polar surface area (TPSA) is 233 Å². The maximum Gasteiger partial charge on any atom is 0.342 e. The molecule has 3 rings (SSSR count). The van der Waals surface area contributed by atoms with Crippen LogP contribution in [0.3, 0.4) is 0 Å². The molecule has 0 saturated carbocycles. The Morgan fingerprint density at radius 3 is 1.30 bits per heavy atom. The molecule has 0 spiro atoms. The van der Waals surface area contributed by atoms with Gasteiger partial charge < -0.3 is 49.2 Å². The SMILES string of the molecule is C[C@@H]1Cc2cc(O)cc(O)c2C(=O)O[C@@H](C)CC(=O)O[C@@H](CO)CC(=O)O[C@@H](C)Cc2cc(O)cc(O)c2C(=O)O[C@@H](C)CC(=O)O1. The Balaban J connectivity index is 1.92. The summed E-state index contributed by atoms with van der Waals surface area (Å²) in [7, 11) is 0. The number of carbonyl (C=O) groups is 5. The van der Waals surface area contributed by atoms with E-state index in [9.17, 15) is 49.5 Å². The Labute approximate surface area is 269 Å². The van der Waals surface area contributed by atoms with Crippen LogP contribution in [-0.4, -0.2) is 92.5 Å². The quantitative estimate of drug-likeness (QED) is 0.218. The average molecular weight is 663 g/mol. The first kappa shape index (κ1) is 36.4. The summed E-state index contributed by atoms with van der Waals surface area (Å²) in [5.41, 5.74) is -0.574. The molecule has 0 aliphatic carbocycles. The number of cyclic esters (lactones) is 5. The third kappa shape index (κ3) is 10.5. The van der Waals surface area contributed by atoms with Crippen LogP contribution in [0.15, 0.2) is 24.3 Å². The number of hydrogen-bond donors (Lipinski definition) is 5. The number of carbonyl (C=O) groups excluding carboxylic acids is 5. The van der Waals surface area contributed by atoms with E-state index in [4.69, 9.17) is 23.7 Å². The Morgan fingerprint density at radius 1 is 0.532 bits per heavy atom. The van der Waals surface area contributed by atoms with E-state index in [0.717, 1.165) is 12.1 Å². The van der Waals surface area contributed by atoms with Crippen LogP contribution in [0.4, 0.5) is 0 Å². The monoisotopic (exact) mass is 662 g/mol. The Morgan fingerprint density at radius 2 is 0.894 bits per heavy atom. The van der Waals surface area contributed by atoms with Crippen molar-refractivity contribution in [3.8, 4) is 23.0 Å². The van der Waals surface area contributed by atoms with Crippen molar-refractivity contribution in [2.45, 2.75) is 90.3 Å². The lowest BCUT2D eigenvalue weighted by atomic mass is 10.00. The van der Waals surface area contributed by atoms with Gasteiger partial charge in [0.15, 0.2) is 0 Å². The zero-order valence-corrected chi connectivity index (χ0v) is 26.3. The molecule has 1 aliphatic heterocycles. The smallest absolute Gasteiger partial charge is 0.342 e. The van der Waals surface area contributed by atoms with E-state index in [1.165, 1.54) is 39.8 Å². The molecule has 15 heteroatoms. The second-order valence-electron chi connectivity index (χ2n) is 11.3. The number of aliphatic hydroxyl groups excluding tert-OH is 1. The summed E-state index contributed by atoms with van der Waals surface area (Å²) in [4.78, 5) is 63.9. The van der Waals surface area contributed by atoms with Crippen LogP contribution in [0.5, 0.6) is 23.0 Å². The van der Waals surface area contributed by atoms with Crippen LogP contribution in [0.25, 0.3) is 0 Å². The molecule has 0 unspecified atom stereocenters. The van der Waals surface area contributed by atoms with Crippen molar-refractivity contribution in [2.24, 2.45) is 0 Å². The first-order valence-corrected chi connectivity index (χ1v) is 14.8. The first-order chi connectivity index (χ1) is 22.1. The van der Waals surface area contributed by atoms with Crippen LogP contribution < -0.4 is 0 Å². The zero-order chi connectivity index (χ0) is 35.0. The number of benzene rings is 2. The van der Waals surface area contributed by atoms with Gasteiger partial charge in [-0.05, 0) is 51.0 Å². The molecule has 47 heavy (non-hydrogen) atoms.